The molecule has 0 fully saturated rings. The van der Waals surface area contributed by atoms with Crippen LogP contribution in [0.1, 0.15) is 24.2 Å². The largest absolute Gasteiger partial charge is 0.497 e. The molecule has 0 bridgehead atoms. The number of fused-ring (bicyclic) bond motifs is 1. The predicted octanol–water partition coefficient (Wildman–Crippen LogP) is 4.95. The molecule has 1 amide bonds. The van der Waals surface area contributed by atoms with Crippen LogP contribution in [0.25, 0.3) is 10.2 Å². The summed E-state index contributed by atoms with van der Waals surface area (Å²) in [6.07, 6.45) is 0. The summed E-state index contributed by atoms with van der Waals surface area (Å²) < 4.78 is 6.17. The molecule has 148 valence electrons. The van der Waals surface area contributed by atoms with Crippen molar-refractivity contribution < 1.29 is 9.53 Å². The van der Waals surface area contributed by atoms with Crippen molar-refractivity contribution in [3.8, 4) is 5.75 Å². The zero-order valence-corrected chi connectivity index (χ0v) is 17.9. The number of anilines is 1. The van der Waals surface area contributed by atoms with E-state index >= 15 is 0 Å². The van der Waals surface area contributed by atoms with E-state index in [1.54, 1.807) is 36.3 Å². The Morgan fingerprint density at radius 1 is 1.11 bits per heavy atom. The number of aromatic nitrogens is 1. The lowest BCUT2D eigenvalue weighted by molar-refractivity contribution is 0.0983. The van der Waals surface area contributed by atoms with Crippen LogP contribution in [0.15, 0.2) is 42.5 Å². The van der Waals surface area contributed by atoms with E-state index in [4.69, 9.17) is 16.3 Å². The highest BCUT2D eigenvalue weighted by atomic mass is 35.5. The quantitative estimate of drug-likeness (QED) is 0.520. The van der Waals surface area contributed by atoms with Crippen molar-refractivity contribution in [1.29, 1.82) is 0 Å². The predicted molar refractivity (Wildman–Crippen MR) is 117 cm³/mol. The molecule has 0 radical (unpaired) electrons. The Morgan fingerprint density at radius 2 is 1.82 bits per heavy atom. The summed E-state index contributed by atoms with van der Waals surface area (Å²) in [7, 11) is 1.61. The van der Waals surface area contributed by atoms with Gasteiger partial charge in [0, 0.05) is 18.7 Å². The maximum atomic E-state index is 13.3. The molecule has 0 unspecified atom stereocenters. The first kappa shape index (κ1) is 20.6. The normalized spacial score (nSPS) is 11.2. The molecule has 3 aromatic rings. The summed E-state index contributed by atoms with van der Waals surface area (Å²) in [5.74, 6) is 0.642. The highest BCUT2D eigenvalue weighted by Crippen LogP contribution is 2.33. The number of amides is 1. The topological polar surface area (TPSA) is 45.7 Å². The molecular weight excluding hydrogens is 394 g/mol. The average Bonchev–Trinajstić information content (AvgIpc) is 3.16. The third kappa shape index (κ3) is 4.46. The Morgan fingerprint density at radius 3 is 2.43 bits per heavy atom. The Kier molecular flexibility index (Phi) is 6.88. The van der Waals surface area contributed by atoms with E-state index in [9.17, 15) is 4.79 Å². The third-order valence-electron chi connectivity index (χ3n) is 4.71. The smallest absolute Gasteiger partial charge is 0.260 e. The monoisotopic (exact) mass is 417 g/mol. The second-order valence-corrected chi connectivity index (χ2v) is 7.71. The minimum atomic E-state index is -0.0787. The van der Waals surface area contributed by atoms with Crippen LogP contribution >= 0.6 is 22.9 Å². The van der Waals surface area contributed by atoms with Crippen molar-refractivity contribution in [1.82, 2.24) is 9.88 Å². The van der Waals surface area contributed by atoms with Crippen LogP contribution in [0.5, 0.6) is 5.75 Å². The van der Waals surface area contributed by atoms with Gasteiger partial charge in [0.1, 0.15) is 11.3 Å². The molecule has 1 aromatic heterocycles. The Balaban J connectivity index is 1.95. The standard InChI is InChI=1S/C21H24ClN3O2S/c1-4-24(5-2)13-14-25(20(26)15-9-11-16(27-3)12-10-15)21-23-19-17(22)7-6-8-18(19)28-21/h6-12H,4-5,13-14H2,1-3H3. The SMILES string of the molecule is CCN(CC)CCN(C(=O)c1ccc(OC)cc1)c1nc2c(Cl)cccc2s1. The van der Waals surface area contributed by atoms with Gasteiger partial charge in [0.05, 0.1) is 16.8 Å². The number of methoxy groups -OCH3 is 1. The number of thiazole rings is 1. The molecule has 2 aromatic carbocycles. The van der Waals surface area contributed by atoms with Crippen LogP contribution in [0.2, 0.25) is 5.02 Å². The van der Waals surface area contributed by atoms with Gasteiger partial charge in [-0.1, -0.05) is 42.9 Å². The van der Waals surface area contributed by atoms with Crippen LogP contribution < -0.4 is 9.64 Å². The van der Waals surface area contributed by atoms with Gasteiger partial charge in [-0.2, -0.15) is 0 Å². The van der Waals surface area contributed by atoms with Crippen LogP contribution in [-0.4, -0.2) is 49.1 Å². The molecule has 0 spiro atoms. The number of hydrogen-bond donors (Lipinski definition) is 0. The fourth-order valence-electron chi connectivity index (χ4n) is 2.97. The van der Waals surface area contributed by atoms with Gasteiger partial charge < -0.3 is 9.64 Å². The molecular formula is C21H24ClN3O2S. The molecule has 0 saturated heterocycles. The first-order valence-corrected chi connectivity index (χ1v) is 10.5. The summed E-state index contributed by atoms with van der Waals surface area (Å²) in [6.45, 7) is 7.45. The van der Waals surface area contributed by atoms with E-state index in [0.717, 1.165) is 35.6 Å². The lowest BCUT2D eigenvalue weighted by Crippen LogP contribution is -2.38. The van der Waals surface area contributed by atoms with Gasteiger partial charge in [-0.15, -0.1) is 0 Å². The zero-order valence-electron chi connectivity index (χ0n) is 16.3. The number of rotatable bonds is 8. The molecule has 0 saturated carbocycles. The van der Waals surface area contributed by atoms with Crippen LogP contribution in [0, 0.1) is 0 Å². The molecule has 0 atom stereocenters. The van der Waals surface area contributed by atoms with E-state index in [2.05, 4.69) is 23.7 Å². The maximum absolute atomic E-state index is 13.3. The van der Waals surface area contributed by atoms with E-state index in [1.165, 1.54) is 11.3 Å². The molecule has 0 N–H and O–H groups in total. The molecule has 1 heterocycles. The first-order valence-electron chi connectivity index (χ1n) is 9.30. The van der Waals surface area contributed by atoms with E-state index < -0.39 is 0 Å². The van der Waals surface area contributed by atoms with Crippen molar-refractivity contribution in [2.75, 3.05) is 38.2 Å². The van der Waals surface area contributed by atoms with E-state index in [0.29, 0.717) is 22.3 Å². The van der Waals surface area contributed by atoms with E-state index in [1.807, 2.05) is 18.2 Å². The maximum Gasteiger partial charge on any atom is 0.260 e. The second-order valence-electron chi connectivity index (χ2n) is 6.30. The van der Waals surface area contributed by atoms with Crippen molar-refractivity contribution in [3.05, 3.63) is 53.1 Å². The van der Waals surface area contributed by atoms with Gasteiger partial charge in [0.25, 0.3) is 5.91 Å². The van der Waals surface area contributed by atoms with Gasteiger partial charge in [-0.25, -0.2) is 4.98 Å². The number of likely N-dealkylation sites (N-methyl/N-ethyl adjacent to an activating group) is 1. The molecule has 0 aliphatic carbocycles. The van der Waals surface area contributed by atoms with Crippen LogP contribution in [0.4, 0.5) is 5.13 Å². The molecule has 0 aliphatic heterocycles. The summed E-state index contributed by atoms with van der Waals surface area (Å²) in [4.78, 5) is 22.0. The van der Waals surface area contributed by atoms with Crippen LogP contribution in [-0.2, 0) is 0 Å². The van der Waals surface area contributed by atoms with Crippen molar-refractivity contribution in [3.63, 3.8) is 0 Å². The summed E-state index contributed by atoms with van der Waals surface area (Å²) in [5.41, 5.74) is 1.34. The lowest BCUT2D eigenvalue weighted by Gasteiger charge is -2.24. The van der Waals surface area contributed by atoms with E-state index in [-0.39, 0.29) is 5.91 Å². The summed E-state index contributed by atoms with van der Waals surface area (Å²) >= 11 is 7.78. The molecule has 3 rings (SSSR count). The molecule has 0 aliphatic rings. The van der Waals surface area contributed by atoms with Gasteiger partial charge in [-0.3, -0.25) is 9.69 Å². The molecule has 7 heteroatoms. The van der Waals surface area contributed by atoms with Gasteiger partial charge in [0.2, 0.25) is 0 Å². The number of benzene rings is 2. The minimum absolute atomic E-state index is 0.0787. The fraction of sp³-hybridized carbons (Fsp3) is 0.333. The molecule has 28 heavy (non-hydrogen) atoms. The van der Waals surface area contributed by atoms with Crippen molar-refractivity contribution in [2.45, 2.75) is 13.8 Å². The van der Waals surface area contributed by atoms with Crippen molar-refractivity contribution in [2.24, 2.45) is 0 Å². The Labute approximate surface area is 174 Å². The Hall–Kier alpha value is -2.15. The number of ether oxygens (including phenoxy) is 1. The molecule has 5 nitrogen and oxygen atoms in total. The highest BCUT2D eigenvalue weighted by Gasteiger charge is 2.22. The summed E-state index contributed by atoms with van der Waals surface area (Å²) in [6, 6.07) is 12.9. The second kappa shape index (κ2) is 9.37. The van der Waals surface area contributed by atoms with Gasteiger partial charge in [0.15, 0.2) is 5.13 Å². The first-order chi connectivity index (χ1) is 13.6. The number of halogens is 1. The lowest BCUT2D eigenvalue weighted by atomic mass is 10.2. The summed E-state index contributed by atoms with van der Waals surface area (Å²) in [5, 5.41) is 1.26. The zero-order chi connectivity index (χ0) is 20.1. The Bertz CT molecular complexity index is 938. The fourth-order valence-corrected chi connectivity index (χ4v) is 4.26. The number of carbonyl (C=O) groups excluding carboxylic acids is 1. The van der Waals surface area contributed by atoms with Crippen molar-refractivity contribution >= 4 is 44.2 Å². The minimum Gasteiger partial charge on any atom is -0.497 e. The van der Waals surface area contributed by atoms with Gasteiger partial charge >= 0.3 is 0 Å². The number of hydrogen-bond acceptors (Lipinski definition) is 5. The van der Waals surface area contributed by atoms with Crippen LogP contribution in [0.3, 0.4) is 0 Å². The number of carbonyl (C=O) groups is 1. The number of para-hydroxylation sites is 1. The van der Waals surface area contributed by atoms with Gasteiger partial charge in [-0.05, 0) is 49.5 Å². The average molecular weight is 418 g/mol. The number of nitrogens with zero attached hydrogens (tertiary/aromatic N) is 3. The third-order valence-corrected chi connectivity index (χ3v) is 6.05. The highest BCUT2D eigenvalue weighted by molar-refractivity contribution is 7.22.